The van der Waals surface area contributed by atoms with Crippen LogP contribution < -0.4 is 20.5 Å². The normalized spacial score (nSPS) is 11.7. The van der Waals surface area contributed by atoms with Crippen LogP contribution in [0.15, 0.2) is 41.0 Å². The second-order valence-electron chi connectivity index (χ2n) is 4.46. The van der Waals surface area contributed by atoms with Crippen molar-refractivity contribution in [2.45, 2.75) is 19.6 Å². The van der Waals surface area contributed by atoms with Gasteiger partial charge in [0.15, 0.2) is 6.10 Å². The number of hydrogen-bond donors (Lipinski definition) is 2. The molecule has 0 aliphatic rings. The van der Waals surface area contributed by atoms with Crippen LogP contribution >= 0.6 is 0 Å². The van der Waals surface area contributed by atoms with Gasteiger partial charge >= 0.3 is 0 Å². The lowest BCUT2D eigenvalue weighted by atomic mass is 10.2. The molecule has 21 heavy (non-hydrogen) atoms. The Balaban J connectivity index is 1.93. The first-order chi connectivity index (χ1) is 10.1. The fraction of sp³-hybridized carbons (Fsp3) is 0.267. The largest absolute Gasteiger partial charge is 0.497 e. The minimum Gasteiger partial charge on any atom is -0.497 e. The van der Waals surface area contributed by atoms with Gasteiger partial charge in [-0.05, 0) is 31.2 Å². The molecule has 1 unspecified atom stereocenters. The molecule has 1 atom stereocenters. The van der Waals surface area contributed by atoms with Crippen molar-refractivity contribution in [1.29, 1.82) is 0 Å². The van der Waals surface area contributed by atoms with E-state index in [1.165, 1.54) is 0 Å². The van der Waals surface area contributed by atoms with Crippen molar-refractivity contribution in [3.63, 3.8) is 0 Å². The molecule has 0 spiro atoms. The molecule has 0 aliphatic heterocycles. The first-order valence-electron chi connectivity index (χ1n) is 6.50. The van der Waals surface area contributed by atoms with Crippen LogP contribution in [0.2, 0.25) is 0 Å². The number of hydrogen-bond acceptors (Lipinski definition) is 5. The van der Waals surface area contributed by atoms with Crippen LogP contribution in [0.1, 0.15) is 12.7 Å². The summed E-state index contributed by atoms with van der Waals surface area (Å²) in [4.78, 5) is 12.0. The molecule has 1 heterocycles. The Labute approximate surface area is 122 Å². The van der Waals surface area contributed by atoms with E-state index < -0.39 is 6.10 Å². The number of methoxy groups -OCH3 is 1. The van der Waals surface area contributed by atoms with E-state index in [-0.39, 0.29) is 5.91 Å². The molecular formula is C15H18N2O4. The van der Waals surface area contributed by atoms with Crippen molar-refractivity contribution in [3.8, 4) is 11.5 Å². The van der Waals surface area contributed by atoms with Gasteiger partial charge in [-0.2, -0.15) is 0 Å². The molecule has 0 saturated carbocycles. The first kappa shape index (κ1) is 14.8. The minimum atomic E-state index is -0.686. The van der Waals surface area contributed by atoms with E-state index in [0.29, 0.717) is 29.5 Å². The van der Waals surface area contributed by atoms with Crippen molar-refractivity contribution in [1.82, 2.24) is 5.32 Å². The lowest BCUT2D eigenvalue weighted by molar-refractivity contribution is -0.127. The zero-order chi connectivity index (χ0) is 15.2. The zero-order valence-electron chi connectivity index (χ0n) is 12.0. The molecule has 1 aromatic carbocycles. The molecule has 0 fully saturated rings. The molecule has 0 saturated heterocycles. The molecule has 0 bridgehead atoms. The predicted octanol–water partition coefficient (Wildman–Crippen LogP) is 1.95. The molecule has 2 rings (SSSR count). The van der Waals surface area contributed by atoms with Crippen molar-refractivity contribution in [3.05, 3.63) is 42.4 Å². The van der Waals surface area contributed by atoms with Crippen molar-refractivity contribution in [2.75, 3.05) is 12.8 Å². The standard InChI is InChI=1S/C15H18N2O4/c1-10(15(18)17-9-12-4-3-7-20-12)21-14-8-11(19-2)5-6-13(14)16/h3-8,10H,9,16H2,1-2H3,(H,17,18). The highest BCUT2D eigenvalue weighted by atomic mass is 16.5. The number of furan rings is 1. The fourth-order valence-electron chi connectivity index (χ4n) is 1.72. The van der Waals surface area contributed by atoms with Crippen LogP contribution in [0, 0.1) is 0 Å². The van der Waals surface area contributed by atoms with Gasteiger partial charge in [-0.3, -0.25) is 4.79 Å². The quantitative estimate of drug-likeness (QED) is 0.794. The van der Waals surface area contributed by atoms with Crippen molar-refractivity contribution in [2.24, 2.45) is 0 Å². The van der Waals surface area contributed by atoms with Gasteiger partial charge in [0.25, 0.3) is 5.91 Å². The van der Waals surface area contributed by atoms with Gasteiger partial charge in [0.05, 0.1) is 25.6 Å². The molecule has 3 N–H and O–H groups in total. The van der Waals surface area contributed by atoms with Gasteiger partial charge in [-0.1, -0.05) is 0 Å². The van der Waals surface area contributed by atoms with Gasteiger partial charge < -0.3 is 24.9 Å². The highest BCUT2D eigenvalue weighted by molar-refractivity contribution is 5.80. The molecule has 2 aromatic rings. The lowest BCUT2D eigenvalue weighted by Gasteiger charge is -2.16. The predicted molar refractivity (Wildman–Crippen MR) is 78.1 cm³/mol. The second-order valence-corrected chi connectivity index (χ2v) is 4.46. The number of nitrogen functional groups attached to an aromatic ring is 1. The van der Waals surface area contributed by atoms with Crippen molar-refractivity contribution >= 4 is 11.6 Å². The van der Waals surface area contributed by atoms with Crippen LogP contribution in [0.4, 0.5) is 5.69 Å². The number of nitrogens with two attached hydrogens (primary N) is 1. The SMILES string of the molecule is COc1ccc(N)c(OC(C)C(=O)NCc2ccco2)c1. The molecule has 1 aromatic heterocycles. The summed E-state index contributed by atoms with van der Waals surface area (Å²) in [6.07, 6.45) is 0.868. The van der Waals surface area contributed by atoms with Crippen LogP contribution in [-0.4, -0.2) is 19.1 Å². The summed E-state index contributed by atoms with van der Waals surface area (Å²) >= 11 is 0. The monoisotopic (exact) mass is 290 g/mol. The van der Waals surface area contributed by atoms with Crippen LogP contribution in [0.3, 0.4) is 0 Å². The van der Waals surface area contributed by atoms with E-state index in [2.05, 4.69) is 5.32 Å². The number of rotatable bonds is 6. The van der Waals surface area contributed by atoms with Crippen LogP contribution in [0.5, 0.6) is 11.5 Å². The van der Waals surface area contributed by atoms with E-state index >= 15 is 0 Å². The Morgan fingerprint density at radius 3 is 2.90 bits per heavy atom. The zero-order valence-corrected chi connectivity index (χ0v) is 12.0. The average molecular weight is 290 g/mol. The number of carbonyl (C=O) groups is 1. The number of carbonyl (C=O) groups excluding carboxylic acids is 1. The number of anilines is 1. The Kier molecular flexibility index (Phi) is 4.71. The van der Waals surface area contributed by atoms with E-state index in [4.69, 9.17) is 19.6 Å². The maximum Gasteiger partial charge on any atom is 0.261 e. The third kappa shape index (κ3) is 3.92. The maximum absolute atomic E-state index is 12.0. The van der Waals surface area contributed by atoms with E-state index in [0.717, 1.165) is 0 Å². The van der Waals surface area contributed by atoms with Gasteiger partial charge in [0.1, 0.15) is 17.3 Å². The molecule has 6 nitrogen and oxygen atoms in total. The highest BCUT2D eigenvalue weighted by Gasteiger charge is 2.16. The Morgan fingerprint density at radius 1 is 1.43 bits per heavy atom. The maximum atomic E-state index is 12.0. The third-order valence-electron chi connectivity index (χ3n) is 2.91. The van der Waals surface area contributed by atoms with E-state index in [9.17, 15) is 4.79 Å². The summed E-state index contributed by atoms with van der Waals surface area (Å²) in [5.74, 6) is 1.45. The molecule has 6 heteroatoms. The molecule has 112 valence electrons. The Bertz CT molecular complexity index is 596. The van der Waals surface area contributed by atoms with Crippen LogP contribution in [0.25, 0.3) is 0 Å². The summed E-state index contributed by atoms with van der Waals surface area (Å²) in [5.41, 5.74) is 6.26. The van der Waals surface area contributed by atoms with Gasteiger partial charge in [0, 0.05) is 6.07 Å². The number of benzene rings is 1. The van der Waals surface area contributed by atoms with Crippen molar-refractivity contribution < 1.29 is 18.7 Å². The average Bonchev–Trinajstić information content (AvgIpc) is 3.00. The molecular weight excluding hydrogens is 272 g/mol. The minimum absolute atomic E-state index is 0.256. The Morgan fingerprint density at radius 2 is 2.24 bits per heavy atom. The smallest absolute Gasteiger partial charge is 0.261 e. The van der Waals surface area contributed by atoms with E-state index in [1.54, 1.807) is 50.6 Å². The second kappa shape index (κ2) is 6.69. The fourth-order valence-corrected chi connectivity index (χ4v) is 1.72. The number of ether oxygens (including phenoxy) is 2. The van der Waals surface area contributed by atoms with E-state index in [1.807, 2.05) is 0 Å². The summed E-state index contributed by atoms with van der Waals surface area (Å²) in [6, 6.07) is 8.58. The number of amides is 1. The highest BCUT2D eigenvalue weighted by Crippen LogP contribution is 2.27. The molecule has 0 aliphatic carbocycles. The summed E-state index contributed by atoms with van der Waals surface area (Å²) < 4.78 is 15.8. The molecule has 0 radical (unpaired) electrons. The van der Waals surface area contributed by atoms with Gasteiger partial charge in [-0.15, -0.1) is 0 Å². The van der Waals surface area contributed by atoms with Gasteiger partial charge in [-0.25, -0.2) is 0 Å². The topological polar surface area (TPSA) is 86.7 Å². The van der Waals surface area contributed by atoms with Gasteiger partial charge in [0.2, 0.25) is 0 Å². The molecule has 1 amide bonds. The lowest BCUT2D eigenvalue weighted by Crippen LogP contribution is -2.35. The number of nitrogens with one attached hydrogen (secondary N) is 1. The van der Waals surface area contributed by atoms with Crippen LogP contribution in [-0.2, 0) is 11.3 Å². The summed E-state index contributed by atoms with van der Waals surface area (Å²) in [5, 5.41) is 2.72. The summed E-state index contributed by atoms with van der Waals surface area (Å²) in [7, 11) is 1.55. The Hall–Kier alpha value is -2.63. The third-order valence-corrected chi connectivity index (χ3v) is 2.91. The summed E-state index contributed by atoms with van der Waals surface area (Å²) in [6.45, 7) is 1.96. The first-order valence-corrected chi connectivity index (χ1v) is 6.50.